The highest BCUT2D eigenvalue weighted by molar-refractivity contribution is 7.89. The van der Waals surface area contributed by atoms with Gasteiger partial charge in [0.25, 0.3) is 5.69 Å². The normalized spacial score (nSPS) is 12.8. The van der Waals surface area contributed by atoms with Crippen molar-refractivity contribution in [2.24, 2.45) is 0 Å². The topological polar surface area (TPSA) is 89.3 Å². The Balaban J connectivity index is 2.24. The first-order valence-electron chi connectivity index (χ1n) is 7.04. The summed E-state index contributed by atoms with van der Waals surface area (Å²) in [5, 5.41) is 10.6. The maximum atomic E-state index is 12.4. The average molecular weight is 334 g/mol. The van der Waals surface area contributed by atoms with Crippen molar-refractivity contribution in [3.8, 4) is 0 Å². The van der Waals surface area contributed by atoms with Crippen molar-refractivity contribution < 1.29 is 13.3 Å². The number of nitrogens with one attached hydrogen (secondary N) is 1. The van der Waals surface area contributed by atoms with E-state index in [1.54, 1.807) is 6.92 Å². The lowest BCUT2D eigenvalue weighted by Gasteiger charge is -2.17. The van der Waals surface area contributed by atoms with Crippen molar-refractivity contribution in [1.29, 1.82) is 0 Å². The third kappa shape index (κ3) is 3.94. The molecule has 0 amide bonds. The molecule has 0 fully saturated rings. The van der Waals surface area contributed by atoms with E-state index in [1.807, 2.05) is 32.0 Å². The minimum atomic E-state index is -3.75. The zero-order valence-electron chi connectivity index (χ0n) is 13.1. The molecule has 23 heavy (non-hydrogen) atoms. The number of benzene rings is 2. The highest BCUT2D eigenvalue weighted by Gasteiger charge is 2.20. The van der Waals surface area contributed by atoms with Crippen LogP contribution < -0.4 is 4.72 Å². The lowest BCUT2D eigenvalue weighted by atomic mass is 10.0. The molecule has 2 rings (SSSR count). The summed E-state index contributed by atoms with van der Waals surface area (Å²) in [7, 11) is -3.75. The summed E-state index contributed by atoms with van der Waals surface area (Å²) in [5.74, 6) is 0. The van der Waals surface area contributed by atoms with Gasteiger partial charge >= 0.3 is 0 Å². The Hall–Kier alpha value is -2.25. The lowest BCUT2D eigenvalue weighted by molar-refractivity contribution is -0.384. The molecule has 6 nitrogen and oxygen atoms in total. The molecule has 0 heterocycles. The summed E-state index contributed by atoms with van der Waals surface area (Å²) in [5.41, 5.74) is 2.85. The third-order valence-electron chi connectivity index (χ3n) is 3.58. The quantitative estimate of drug-likeness (QED) is 0.671. The number of nitro benzene ring substituents is 1. The van der Waals surface area contributed by atoms with Crippen molar-refractivity contribution >= 4 is 15.7 Å². The molecular formula is C16H18N2O4S. The molecule has 7 heteroatoms. The second-order valence-corrected chi connectivity index (χ2v) is 7.17. The summed E-state index contributed by atoms with van der Waals surface area (Å²) in [4.78, 5) is 10.1. The molecule has 0 aromatic heterocycles. The van der Waals surface area contributed by atoms with Crippen LogP contribution in [0.2, 0.25) is 0 Å². The molecule has 2 aromatic rings. The van der Waals surface area contributed by atoms with Gasteiger partial charge in [-0.2, -0.15) is 0 Å². The van der Waals surface area contributed by atoms with Crippen LogP contribution in [0.25, 0.3) is 0 Å². The van der Waals surface area contributed by atoms with Gasteiger partial charge in [0.15, 0.2) is 0 Å². The fourth-order valence-electron chi connectivity index (χ4n) is 2.42. The summed E-state index contributed by atoms with van der Waals surface area (Å²) >= 11 is 0. The van der Waals surface area contributed by atoms with Gasteiger partial charge in [-0.05, 0) is 44.0 Å². The Kier molecular flexibility index (Phi) is 4.82. The predicted molar refractivity (Wildman–Crippen MR) is 87.7 cm³/mol. The Morgan fingerprint density at radius 2 is 1.70 bits per heavy atom. The van der Waals surface area contributed by atoms with Gasteiger partial charge < -0.3 is 0 Å². The number of rotatable bonds is 5. The largest absolute Gasteiger partial charge is 0.269 e. The molecule has 0 radical (unpaired) electrons. The molecule has 1 N–H and O–H groups in total. The number of sulfonamides is 1. The van der Waals surface area contributed by atoms with Gasteiger partial charge in [-0.3, -0.25) is 10.1 Å². The first-order valence-corrected chi connectivity index (χ1v) is 8.53. The number of nitrogens with zero attached hydrogens (tertiary/aromatic N) is 1. The van der Waals surface area contributed by atoms with Gasteiger partial charge in [0.1, 0.15) is 0 Å². The van der Waals surface area contributed by atoms with Crippen molar-refractivity contribution in [2.45, 2.75) is 31.7 Å². The monoisotopic (exact) mass is 334 g/mol. The predicted octanol–water partition coefficient (Wildman–Crippen LogP) is 3.25. The molecule has 0 aliphatic rings. The van der Waals surface area contributed by atoms with Crippen LogP contribution in [0.4, 0.5) is 5.69 Å². The first-order chi connectivity index (χ1) is 10.7. The molecule has 0 aliphatic heterocycles. The second-order valence-electron chi connectivity index (χ2n) is 5.45. The fourth-order valence-corrected chi connectivity index (χ4v) is 3.65. The van der Waals surface area contributed by atoms with Crippen LogP contribution in [0.5, 0.6) is 0 Å². The SMILES string of the molecule is Cc1ccc(C(C)NS(=O)(=O)c2ccc([N+](=O)[O-])cc2)c(C)c1. The minimum Gasteiger partial charge on any atom is -0.258 e. The van der Waals surface area contributed by atoms with E-state index >= 15 is 0 Å². The number of nitro groups is 1. The van der Waals surface area contributed by atoms with Crippen LogP contribution in [0.3, 0.4) is 0 Å². The van der Waals surface area contributed by atoms with Gasteiger partial charge in [-0.15, -0.1) is 0 Å². The van der Waals surface area contributed by atoms with Gasteiger partial charge in [0.05, 0.1) is 9.82 Å². The third-order valence-corrected chi connectivity index (χ3v) is 5.14. The zero-order chi connectivity index (χ0) is 17.2. The molecule has 0 saturated carbocycles. The van der Waals surface area contributed by atoms with Gasteiger partial charge in [0, 0.05) is 18.2 Å². The highest BCUT2D eigenvalue weighted by Crippen LogP contribution is 2.22. The average Bonchev–Trinajstić information content (AvgIpc) is 2.46. The smallest absolute Gasteiger partial charge is 0.258 e. The first kappa shape index (κ1) is 17.1. The second kappa shape index (κ2) is 6.47. The van der Waals surface area contributed by atoms with E-state index in [1.165, 1.54) is 24.3 Å². The maximum absolute atomic E-state index is 12.4. The summed E-state index contributed by atoms with van der Waals surface area (Å²) in [6, 6.07) is 10.2. The number of hydrogen-bond donors (Lipinski definition) is 1. The Bertz CT molecular complexity index is 830. The molecule has 0 aliphatic carbocycles. The van der Waals surface area contributed by atoms with Crippen LogP contribution in [0.15, 0.2) is 47.4 Å². The van der Waals surface area contributed by atoms with Crippen LogP contribution in [-0.2, 0) is 10.0 Å². The van der Waals surface area contributed by atoms with E-state index in [0.717, 1.165) is 16.7 Å². The Morgan fingerprint density at radius 3 is 2.22 bits per heavy atom. The van der Waals surface area contributed by atoms with Gasteiger partial charge in [0.2, 0.25) is 10.0 Å². The Morgan fingerprint density at radius 1 is 1.09 bits per heavy atom. The van der Waals surface area contributed by atoms with E-state index in [9.17, 15) is 18.5 Å². The van der Waals surface area contributed by atoms with Crippen molar-refractivity contribution in [2.75, 3.05) is 0 Å². The molecule has 1 atom stereocenters. The minimum absolute atomic E-state index is 0.000264. The summed E-state index contributed by atoms with van der Waals surface area (Å²) < 4.78 is 27.4. The van der Waals surface area contributed by atoms with Crippen molar-refractivity contribution in [3.63, 3.8) is 0 Å². The van der Waals surface area contributed by atoms with E-state index in [2.05, 4.69) is 4.72 Å². The van der Waals surface area contributed by atoms with Crippen LogP contribution in [-0.4, -0.2) is 13.3 Å². The molecule has 122 valence electrons. The van der Waals surface area contributed by atoms with Crippen LogP contribution in [0, 0.1) is 24.0 Å². The summed E-state index contributed by atoms with van der Waals surface area (Å²) in [6.45, 7) is 5.67. The summed E-state index contributed by atoms with van der Waals surface area (Å²) in [6.07, 6.45) is 0. The standard InChI is InChI=1S/C16H18N2O4S/c1-11-4-9-16(12(2)10-11)13(3)17-23(21,22)15-7-5-14(6-8-15)18(19)20/h4-10,13,17H,1-3H3. The van der Waals surface area contributed by atoms with Crippen LogP contribution in [0.1, 0.15) is 29.7 Å². The molecular weight excluding hydrogens is 316 g/mol. The number of hydrogen-bond acceptors (Lipinski definition) is 4. The molecule has 0 bridgehead atoms. The van der Waals surface area contributed by atoms with Gasteiger partial charge in [-0.1, -0.05) is 23.8 Å². The number of non-ortho nitro benzene ring substituents is 1. The number of aryl methyl sites for hydroxylation is 2. The van der Waals surface area contributed by atoms with E-state index in [0.29, 0.717) is 0 Å². The van der Waals surface area contributed by atoms with Gasteiger partial charge in [-0.25, -0.2) is 13.1 Å². The molecule has 2 aromatic carbocycles. The van der Waals surface area contributed by atoms with E-state index < -0.39 is 21.0 Å². The van der Waals surface area contributed by atoms with E-state index in [-0.39, 0.29) is 10.6 Å². The fraction of sp³-hybridized carbons (Fsp3) is 0.250. The van der Waals surface area contributed by atoms with Crippen molar-refractivity contribution in [1.82, 2.24) is 4.72 Å². The van der Waals surface area contributed by atoms with E-state index in [4.69, 9.17) is 0 Å². The molecule has 0 spiro atoms. The molecule has 1 unspecified atom stereocenters. The highest BCUT2D eigenvalue weighted by atomic mass is 32.2. The lowest BCUT2D eigenvalue weighted by Crippen LogP contribution is -2.27. The molecule has 0 saturated heterocycles. The van der Waals surface area contributed by atoms with Crippen molar-refractivity contribution in [3.05, 3.63) is 69.3 Å². The van der Waals surface area contributed by atoms with Crippen LogP contribution >= 0.6 is 0 Å². The maximum Gasteiger partial charge on any atom is 0.269 e. The Labute approximate surface area is 135 Å². The zero-order valence-corrected chi connectivity index (χ0v) is 13.9.